The molecule has 3 rings (SSSR count). The van der Waals surface area contributed by atoms with Gasteiger partial charge in [0.05, 0.1) is 6.04 Å². The summed E-state index contributed by atoms with van der Waals surface area (Å²) in [5.41, 5.74) is 39.7. The molecule has 1 aromatic carbocycles. The monoisotopic (exact) mass is 899 g/mol. The Labute approximate surface area is 372 Å². The van der Waals surface area contributed by atoms with Crippen LogP contribution in [0.15, 0.2) is 35.3 Å². The van der Waals surface area contributed by atoms with Crippen molar-refractivity contribution in [2.24, 2.45) is 45.1 Å². The summed E-state index contributed by atoms with van der Waals surface area (Å²) in [7, 11) is 0. The number of amides is 9. The third kappa shape index (κ3) is 16.7. The van der Waals surface area contributed by atoms with Gasteiger partial charge in [-0.15, -0.1) is 0 Å². The van der Waals surface area contributed by atoms with Crippen LogP contribution >= 0.6 is 0 Å². The molecule has 2 aliphatic heterocycles. The van der Waals surface area contributed by atoms with E-state index in [0.717, 1.165) is 0 Å². The van der Waals surface area contributed by atoms with E-state index < -0.39 is 95.5 Å². The molecule has 354 valence electrons. The average molecular weight is 899 g/mol. The molecule has 2 aliphatic rings. The Kier molecular flexibility index (Phi) is 21.4. The van der Waals surface area contributed by atoms with Crippen LogP contribution in [0.5, 0.6) is 0 Å². The SMILES string of the molecule is NCCCCC(NC(=O)C1CCCN1C(=O)C(N)CCCN=C(N)N)C(=O)N1CCCC1C(=O)NC(CCC(N)=O)C(=O)NC(CCC(N)=O)C(=O)NC(Cc1ccccc1)C(N)=O. The normalized spacial score (nSPS) is 18.1. The number of nitrogens with one attached hydrogen (secondary N) is 4. The molecule has 18 N–H and O–H groups in total. The van der Waals surface area contributed by atoms with Crippen molar-refractivity contribution in [3.05, 3.63) is 35.9 Å². The van der Waals surface area contributed by atoms with Gasteiger partial charge in [-0.25, -0.2) is 0 Å². The van der Waals surface area contributed by atoms with Gasteiger partial charge >= 0.3 is 0 Å². The number of carbonyl (C=O) groups is 9. The van der Waals surface area contributed by atoms with E-state index in [0.29, 0.717) is 57.2 Å². The molecule has 0 aliphatic carbocycles. The average Bonchev–Trinajstić information content (AvgIpc) is 3.95. The lowest BCUT2D eigenvalue weighted by Gasteiger charge is -2.32. The highest BCUT2D eigenvalue weighted by atomic mass is 16.2. The molecule has 64 heavy (non-hydrogen) atoms. The number of unbranched alkanes of at least 4 members (excludes halogenated alkanes) is 1. The molecular weight excluding hydrogens is 833 g/mol. The fourth-order valence-corrected chi connectivity index (χ4v) is 7.68. The van der Waals surface area contributed by atoms with E-state index in [1.165, 1.54) is 9.80 Å². The molecule has 0 spiro atoms. The summed E-state index contributed by atoms with van der Waals surface area (Å²) >= 11 is 0. The number of guanidine groups is 1. The molecule has 2 fully saturated rings. The predicted octanol–water partition coefficient (Wildman–Crippen LogP) is -4.32. The van der Waals surface area contributed by atoms with E-state index in [4.69, 9.17) is 40.1 Å². The Bertz CT molecular complexity index is 1830. The van der Waals surface area contributed by atoms with Crippen LogP contribution in [-0.4, -0.2) is 137 Å². The molecule has 9 amide bonds. The van der Waals surface area contributed by atoms with Gasteiger partial charge in [-0.1, -0.05) is 30.3 Å². The van der Waals surface area contributed by atoms with Crippen LogP contribution in [-0.2, 0) is 49.6 Å². The first kappa shape index (κ1) is 52.0. The first-order valence-electron chi connectivity index (χ1n) is 21.7. The number of nitrogens with zero attached hydrogens (tertiary/aromatic N) is 3. The Morgan fingerprint density at radius 1 is 0.625 bits per heavy atom. The number of rotatable bonds is 27. The number of aliphatic imine (C=N–C) groups is 1. The van der Waals surface area contributed by atoms with E-state index in [-0.39, 0.29) is 70.4 Å². The van der Waals surface area contributed by atoms with Crippen molar-refractivity contribution in [1.82, 2.24) is 31.1 Å². The Hall–Kier alpha value is -6.36. The highest BCUT2D eigenvalue weighted by molar-refractivity contribution is 5.98. The molecule has 23 nitrogen and oxygen atoms in total. The van der Waals surface area contributed by atoms with E-state index in [1.807, 2.05) is 0 Å². The number of likely N-dealkylation sites (tertiary alicyclic amines) is 2. The van der Waals surface area contributed by atoms with Crippen LogP contribution < -0.4 is 61.4 Å². The van der Waals surface area contributed by atoms with Gasteiger partial charge in [0.1, 0.15) is 36.3 Å². The topological polar surface area (TPSA) is 403 Å². The Morgan fingerprint density at radius 2 is 1.14 bits per heavy atom. The maximum atomic E-state index is 14.3. The second kappa shape index (κ2) is 26.3. The Morgan fingerprint density at radius 3 is 1.66 bits per heavy atom. The lowest BCUT2D eigenvalue weighted by Crippen LogP contribution is -2.59. The van der Waals surface area contributed by atoms with Crippen LogP contribution in [0.3, 0.4) is 0 Å². The molecule has 7 unspecified atom stereocenters. The van der Waals surface area contributed by atoms with Crippen LogP contribution in [0.1, 0.15) is 89.0 Å². The summed E-state index contributed by atoms with van der Waals surface area (Å²) in [6.45, 7) is 1.04. The zero-order valence-electron chi connectivity index (χ0n) is 36.2. The van der Waals surface area contributed by atoms with E-state index in [9.17, 15) is 43.2 Å². The van der Waals surface area contributed by atoms with Gasteiger partial charge in [-0.3, -0.25) is 48.1 Å². The predicted molar refractivity (Wildman–Crippen MR) is 234 cm³/mol. The third-order valence-electron chi connectivity index (χ3n) is 11.1. The van der Waals surface area contributed by atoms with Gasteiger partial charge < -0.3 is 71.2 Å². The molecule has 7 atom stereocenters. The van der Waals surface area contributed by atoms with Crippen molar-refractivity contribution < 1.29 is 43.2 Å². The van der Waals surface area contributed by atoms with Gasteiger partial charge in [0.25, 0.3) is 0 Å². The van der Waals surface area contributed by atoms with Crippen LogP contribution in [0.25, 0.3) is 0 Å². The lowest BCUT2D eigenvalue weighted by molar-refractivity contribution is -0.144. The zero-order chi connectivity index (χ0) is 47.3. The largest absolute Gasteiger partial charge is 0.370 e. The van der Waals surface area contributed by atoms with Crippen LogP contribution in [0.4, 0.5) is 0 Å². The van der Waals surface area contributed by atoms with E-state index in [1.54, 1.807) is 30.3 Å². The number of hydrogen-bond acceptors (Lipinski definition) is 12. The summed E-state index contributed by atoms with van der Waals surface area (Å²) in [6, 6.07) is 0.622. The molecule has 2 saturated heterocycles. The number of nitrogens with two attached hydrogens (primary N) is 7. The van der Waals surface area contributed by atoms with E-state index >= 15 is 0 Å². The van der Waals surface area contributed by atoms with Crippen molar-refractivity contribution in [2.45, 2.75) is 132 Å². The van der Waals surface area contributed by atoms with Gasteiger partial charge in [0.15, 0.2) is 5.96 Å². The number of hydrogen-bond donors (Lipinski definition) is 11. The van der Waals surface area contributed by atoms with Crippen molar-refractivity contribution in [3.8, 4) is 0 Å². The first-order chi connectivity index (χ1) is 30.4. The summed E-state index contributed by atoms with van der Waals surface area (Å²) in [5.74, 6) is -6.58. The number of benzene rings is 1. The third-order valence-corrected chi connectivity index (χ3v) is 11.1. The smallest absolute Gasteiger partial charge is 0.245 e. The van der Waals surface area contributed by atoms with Crippen LogP contribution in [0, 0.1) is 0 Å². The van der Waals surface area contributed by atoms with Gasteiger partial charge in [0, 0.05) is 38.9 Å². The minimum atomic E-state index is -1.46. The Balaban J connectivity index is 1.77. The van der Waals surface area contributed by atoms with Gasteiger partial charge in [-0.2, -0.15) is 0 Å². The fraction of sp³-hybridized carbons (Fsp3) is 0.610. The summed E-state index contributed by atoms with van der Waals surface area (Å²) in [4.78, 5) is 125. The quantitative estimate of drug-likeness (QED) is 0.0226. The molecule has 23 heteroatoms. The second-order valence-electron chi connectivity index (χ2n) is 16.1. The zero-order valence-corrected chi connectivity index (χ0v) is 36.2. The minimum Gasteiger partial charge on any atom is -0.370 e. The van der Waals surface area contributed by atoms with Crippen molar-refractivity contribution >= 4 is 59.1 Å². The summed E-state index contributed by atoms with van der Waals surface area (Å²) < 4.78 is 0. The standard InChI is InChI=1S/C41H66N14O9/c42-19-5-4-12-28(52-38(62)30-13-7-21-54(30)39(63)25(43)11-6-20-49-41(47)48)40(64)55-22-8-14-31(55)37(61)51-27(16-18-33(45)57)35(59)50-26(15-17-32(44)56)36(60)53-29(34(46)58)23-24-9-2-1-3-10-24/h1-3,9-10,25-31H,4-8,11-23,42-43H2,(H2,44,56)(H2,45,57)(H2,46,58)(H,50,59)(H,51,61)(H,52,62)(H,53,60)(H4,47,48,49). The van der Waals surface area contributed by atoms with Gasteiger partial charge in [0.2, 0.25) is 53.2 Å². The molecule has 0 radical (unpaired) electrons. The highest BCUT2D eigenvalue weighted by Crippen LogP contribution is 2.23. The lowest BCUT2D eigenvalue weighted by atomic mass is 10.0. The summed E-state index contributed by atoms with van der Waals surface area (Å²) in [6.07, 6.45) is 2.10. The molecule has 0 aromatic heterocycles. The maximum absolute atomic E-state index is 14.3. The maximum Gasteiger partial charge on any atom is 0.245 e. The minimum absolute atomic E-state index is 0.0287. The second-order valence-corrected chi connectivity index (χ2v) is 16.1. The molecule has 1 aromatic rings. The van der Waals surface area contributed by atoms with E-state index in [2.05, 4.69) is 26.3 Å². The molecule has 0 bridgehead atoms. The first-order valence-corrected chi connectivity index (χ1v) is 21.7. The number of primary amides is 3. The van der Waals surface area contributed by atoms with Crippen molar-refractivity contribution in [3.63, 3.8) is 0 Å². The number of carbonyl (C=O) groups excluding carboxylic acids is 9. The van der Waals surface area contributed by atoms with Crippen molar-refractivity contribution in [2.75, 3.05) is 26.2 Å². The van der Waals surface area contributed by atoms with Crippen LogP contribution in [0.2, 0.25) is 0 Å². The van der Waals surface area contributed by atoms with Crippen molar-refractivity contribution in [1.29, 1.82) is 0 Å². The molecule has 2 heterocycles. The highest BCUT2D eigenvalue weighted by Gasteiger charge is 2.42. The van der Waals surface area contributed by atoms with Gasteiger partial charge in [-0.05, 0) is 82.7 Å². The summed E-state index contributed by atoms with van der Waals surface area (Å²) in [5, 5.41) is 10.4. The fourth-order valence-electron chi connectivity index (χ4n) is 7.68. The molecular formula is C41H66N14O9. The molecule has 0 saturated carbocycles.